The van der Waals surface area contributed by atoms with Gasteiger partial charge in [-0.05, 0) is 12.1 Å². The molecule has 0 bridgehead atoms. The Morgan fingerprint density at radius 3 is 2.19 bits per heavy atom. The highest BCUT2D eigenvalue weighted by atomic mass is 16.5. The van der Waals surface area contributed by atoms with Crippen molar-refractivity contribution in [2.24, 2.45) is 0 Å². The van der Waals surface area contributed by atoms with Gasteiger partial charge in [-0.1, -0.05) is 30.3 Å². The Hall–Kier alpha value is -2.93. The smallest absolute Gasteiger partial charge is 0.178 e. The summed E-state index contributed by atoms with van der Waals surface area (Å²) in [6.07, 6.45) is 0. The van der Waals surface area contributed by atoms with E-state index in [0.29, 0.717) is 28.0 Å². The minimum atomic E-state index is -0.884. The van der Waals surface area contributed by atoms with Gasteiger partial charge in [0.05, 0.1) is 18.7 Å². The number of Topliss-reactive ketones (excluding diaryl/α,β-unsaturated/α-hetero) is 2. The summed E-state index contributed by atoms with van der Waals surface area (Å²) in [6.45, 7) is 0. The molecule has 4 heteroatoms. The average molecular weight is 277 g/mol. The van der Waals surface area contributed by atoms with E-state index < -0.39 is 5.92 Å². The van der Waals surface area contributed by atoms with Crippen molar-refractivity contribution in [2.45, 2.75) is 5.92 Å². The zero-order valence-electron chi connectivity index (χ0n) is 11.3. The first-order chi connectivity index (χ1) is 10.2. The summed E-state index contributed by atoms with van der Waals surface area (Å²) >= 11 is 0. The van der Waals surface area contributed by atoms with Gasteiger partial charge in [0.15, 0.2) is 11.6 Å². The van der Waals surface area contributed by atoms with Crippen molar-refractivity contribution < 1.29 is 14.3 Å². The molecule has 0 saturated carbocycles. The van der Waals surface area contributed by atoms with E-state index in [1.807, 2.05) is 6.07 Å². The first kappa shape index (κ1) is 13.1. The molecule has 102 valence electrons. The molecule has 3 rings (SSSR count). The van der Waals surface area contributed by atoms with Crippen LogP contribution in [0.5, 0.6) is 5.75 Å². The van der Waals surface area contributed by atoms with Crippen LogP contribution < -0.4 is 4.74 Å². The van der Waals surface area contributed by atoms with Gasteiger partial charge in [0.1, 0.15) is 11.7 Å². The maximum Gasteiger partial charge on any atom is 0.178 e. The molecule has 0 amide bonds. The lowest BCUT2D eigenvalue weighted by Crippen LogP contribution is -2.14. The lowest BCUT2D eigenvalue weighted by molar-refractivity contribution is 0.0888. The van der Waals surface area contributed by atoms with Crippen molar-refractivity contribution in [2.75, 3.05) is 7.11 Å². The van der Waals surface area contributed by atoms with E-state index in [4.69, 9.17) is 10.00 Å². The summed E-state index contributed by atoms with van der Waals surface area (Å²) in [5.74, 6) is -0.948. The predicted molar refractivity (Wildman–Crippen MR) is 75.6 cm³/mol. The average Bonchev–Trinajstić information content (AvgIpc) is 2.79. The van der Waals surface area contributed by atoms with Crippen molar-refractivity contribution in [3.05, 3.63) is 64.7 Å². The Kier molecular flexibility index (Phi) is 3.03. The van der Waals surface area contributed by atoms with Gasteiger partial charge in [0, 0.05) is 16.7 Å². The largest absolute Gasteiger partial charge is 0.496 e. The number of carbonyl (C=O) groups excluding carboxylic acids is 2. The molecule has 4 nitrogen and oxygen atoms in total. The molecule has 0 aromatic heterocycles. The molecule has 0 aliphatic heterocycles. The molecule has 0 spiro atoms. The summed E-state index contributed by atoms with van der Waals surface area (Å²) < 4.78 is 5.24. The highest BCUT2D eigenvalue weighted by molar-refractivity contribution is 6.29. The molecule has 1 aliphatic rings. The second-order valence-electron chi connectivity index (χ2n) is 4.78. The minimum Gasteiger partial charge on any atom is -0.496 e. The molecule has 0 saturated heterocycles. The number of nitrogens with zero attached hydrogens (tertiary/aromatic N) is 1. The van der Waals surface area contributed by atoms with E-state index in [9.17, 15) is 9.59 Å². The van der Waals surface area contributed by atoms with Crippen molar-refractivity contribution in [3.8, 4) is 11.8 Å². The van der Waals surface area contributed by atoms with E-state index in [2.05, 4.69) is 0 Å². The highest BCUT2D eigenvalue weighted by Gasteiger charge is 2.40. The van der Waals surface area contributed by atoms with Gasteiger partial charge < -0.3 is 4.74 Å². The van der Waals surface area contributed by atoms with Crippen LogP contribution in [0.25, 0.3) is 0 Å². The Morgan fingerprint density at radius 1 is 1.05 bits per heavy atom. The normalized spacial score (nSPS) is 13.9. The molecular weight excluding hydrogens is 266 g/mol. The van der Waals surface area contributed by atoms with Crippen LogP contribution in [0.3, 0.4) is 0 Å². The van der Waals surface area contributed by atoms with Crippen LogP contribution in [-0.4, -0.2) is 18.7 Å². The molecule has 0 fully saturated rings. The maximum atomic E-state index is 12.5. The molecule has 0 unspecified atom stereocenters. The molecule has 0 heterocycles. The second-order valence-corrected chi connectivity index (χ2v) is 4.78. The van der Waals surface area contributed by atoms with Gasteiger partial charge in [-0.3, -0.25) is 9.59 Å². The molecule has 2 aromatic carbocycles. The van der Waals surface area contributed by atoms with Gasteiger partial charge >= 0.3 is 0 Å². The number of carbonyl (C=O) groups is 2. The third kappa shape index (κ3) is 1.91. The molecule has 0 N–H and O–H groups in total. The van der Waals surface area contributed by atoms with E-state index in [-0.39, 0.29) is 11.6 Å². The highest BCUT2D eigenvalue weighted by Crippen LogP contribution is 2.38. The van der Waals surface area contributed by atoms with Crippen molar-refractivity contribution in [1.82, 2.24) is 0 Å². The number of hydrogen-bond acceptors (Lipinski definition) is 4. The SMILES string of the molecule is COc1cc(C#N)ccc1C1C(=O)c2ccccc2C1=O. The Bertz CT molecular complexity index is 767. The summed E-state index contributed by atoms with van der Waals surface area (Å²) in [5.41, 5.74) is 1.81. The van der Waals surface area contributed by atoms with Gasteiger partial charge in [0.2, 0.25) is 0 Å². The molecule has 2 aromatic rings. The van der Waals surface area contributed by atoms with E-state index in [1.54, 1.807) is 42.5 Å². The first-order valence-electron chi connectivity index (χ1n) is 6.43. The number of hydrogen-bond donors (Lipinski definition) is 0. The van der Waals surface area contributed by atoms with Crippen LogP contribution in [0.2, 0.25) is 0 Å². The number of fused-ring (bicyclic) bond motifs is 1. The zero-order chi connectivity index (χ0) is 15.0. The van der Waals surface area contributed by atoms with Gasteiger partial charge in [-0.25, -0.2) is 0 Å². The Morgan fingerprint density at radius 2 is 1.67 bits per heavy atom. The molecule has 1 aliphatic carbocycles. The monoisotopic (exact) mass is 277 g/mol. The maximum absolute atomic E-state index is 12.5. The predicted octanol–water partition coefficient (Wildman–Crippen LogP) is 2.73. The van der Waals surface area contributed by atoms with Crippen molar-refractivity contribution in [1.29, 1.82) is 5.26 Å². The molecular formula is C17H11NO3. The topological polar surface area (TPSA) is 67.2 Å². The number of ether oxygens (including phenoxy) is 1. The number of nitriles is 1. The fraction of sp³-hybridized carbons (Fsp3) is 0.118. The van der Waals surface area contributed by atoms with E-state index >= 15 is 0 Å². The van der Waals surface area contributed by atoms with Gasteiger partial charge in [0.25, 0.3) is 0 Å². The van der Waals surface area contributed by atoms with Crippen LogP contribution in [-0.2, 0) is 0 Å². The number of rotatable bonds is 2. The van der Waals surface area contributed by atoms with Crippen LogP contribution in [0.15, 0.2) is 42.5 Å². The first-order valence-corrected chi connectivity index (χ1v) is 6.43. The lowest BCUT2D eigenvalue weighted by Gasteiger charge is -2.12. The summed E-state index contributed by atoms with van der Waals surface area (Å²) in [7, 11) is 1.46. The van der Waals surface area contributed by atoms with Crippen molar-refractivity contribution in [3.63, 3.8) is 0 Å². The van der Waals surface area contributed by atoms with Crippen LogP contribution in [0.4, 0.5) is 0 Å². The minimum absolute atomic E-state index is 0.224. The summed E-state index contributed by atoms with van der Waals surface area (Å²) in [5, 5.41) is 8.92. The zero-order valence-corrected chi connectivity index (χ0v) is 11.3. The Labute approximate surface area is 121 Å². The van der Waals surface area contributed by atoms with Gasteiger partial charge in [-0.15, -0.1) is 0 Å². The number of benzene rings is 2. The van der Waals surface area contributed by atoms with Crippen LogP contribution in [0, 0.1) is 11.3 Å². The fourth-order valence-electron chi connectivity index (χ4n) is 2.64. The molecule has 21 heavy (non-hydrogen) atoms. The van der Waals surface area contributed by atoms with E-state index in [1.165, 1.54) is 7.11 Å². The van der Waals surface area contributed by atoms with Crippen molar-refractivity contribution >= 4 is 11.6 Å². The third-order valence-electron chi connectivity index (χ3n) is 3.66. The Balaban J connectivity index is 2.13. The number of methoxy groups -OCH3 is 1. The number of ketones is 2. The third-order valence-corrected chi connectivity index (χ3v) is 3.66. The van der Waals surface area contributed by atoms with Gasteiger partial charge in [-0.2, -0.15) is 5.26 Å². The van der Waals surface area contributed by atoms with Crippen LogP contribution >= 0.6 is 0 Å². The molecule has 0 radical (unpaired) electrons. The quantitative estimate of drug-likeness (QED) is 0.791. The lowest BCUT2D eigenvalue weighted by atomic mass is 9.92. The fourth-order valence-corrected chi connectivity index (χ4v) is 2.64. The van der Waals surface area contributed by atoms with Crippen LogP contribution in [0.1, 0.15) is 37.8 Å². The molecule has 0 atom stereocenters. The summed E-state index contributed by atoms with van der Waals surface area (Å²) in [4.78, 5) is 25.0. The van der Waals surface area contributed by atoms with E-state index in [0.717, 1.165) is 0 Å². The second kappa shape index (κ2) is 4.88. The standard InChI is InChI=1S/C17H11NO3/c1-21-14-8-10(9-18)6-7-13(14)15-16(19)11-4-2-3-5-12(11)17(15)20/h2-8,15H,1H3. The summed E-state index contributed by atoms with van der Waals surface area (Å²) in [6, 6.07) is 13.5.